The molecule has 0 radical (unpaired) electrons. The number of nitrogens with zero attached hydrogens (tertiary/aromatic N) is 3. The second-order valence-electron chi connectivity index (χ2n) is 6.18. The zero-order chi connectivity index (χ0) is 22.4. The third-order valence-electron chi connectivity index (χ3n) is 4.00. The molecule has 0 fully saturated rings. The number of carbonyl (C=O) groups is 2. The normalized spacial score (nSPS) is 11.0. The summed E-state index contributed by atoms with van der Waals surface area (Å²) in [7, 11) is 0. The molecule has 0 unspecified atom stereocenters. The molecular formula is C20H16F3N5O2S. The van der Waals surface area contributed by atoms with Crippen molar-refractivity contribution in [3.05, 3.63) is 53.2 Å². The van der Waals surface area contributed by atoms with Crippen LogP contribution in [-0.4, -0.2) is 39.7 Å². The molecule has 31 heavy (non-hydrogen) atoms. The van der Waals surface area contributed by atoms with Crippen LogP contribution in [0.1, 0.15) is 22.6 Å². The Kier molecular flexibility index (Phi) is 6.71. The standard InChI is InChI=1S/C20H16F3N5O2S/c1-2-9-24-16(29)8-10-25-19(30)17-26-18(15-7-4-11-31-15)28(27-17)14-6-3-5-13(12-14)20(21,22)23/h1,3-7,11-12H,8-10H2,(H,24,29)(H,25,30). The fraction of sp³-hybridized carbons (Fsp3) is 0.200. The molecule has 0 aliphatic heterocycles. The van der Waals surface area contributed by atoms with E-state index in [1.165, 1.54) is 28.2 Å². The van der Waals surface area contributed by atoms with E-state index >= 15 is 0 Å². The van der Waals surface area contributed by atoms with Gasteiger partial charge in [-0.1, -0.05) is 18.1 Å². The summed E-state index contributed by atoms with van der Waals surface area (Å²) in [5, 5.41) is 10.9. The molecule has 0 atom stereocenters. The number of rotatable bonds is 7. The number of alkyl halides is 3. The number of carbonyl (C=O) groups excluding carboxylic acids is 2. The first-order chi connectivity index (χ1) is 14.8. The van der Waals surface area contributed by atoms with Gasteiger partial charge in [-0.25, -0.2) is 9.67 Å². The highest BCUT2D eigenvalue weighted by molar-refractivity contribution is 7.13. The SMILES string of the molecule is C#CCNC(=O)CCNC(=O)c1nc(-c2cccs2)n(-c2cccc(C(F)(F)F)c2)n1. The number of hydrogen-bond acceptors (Lipinski definition) is 5. The van der Waals surface area contributed by atoms with Crippen molar-refractivity contribution in [2.24, 2.45) is 0 Å². The Labute approximate surface area is 179 Å². The summed E-state index contributed by atoms with van der Waals surface area (Å²) in [6.45, 7) is 0.0988. The molecule has 0 aliphatic rings. The van der Waals surface area contributed by atoms with Crippen LogP contribution in [0.5, 0.6) is 0 Å². The Morgan fingerprint density at radius 1 is 1.19 bits per heavy atom. The Bertz CT molecular complexity index is 1120. The summed E-state index contributed by atoms with van der Waals surface area (Å²) in [6, 6.07) is 8.05. The Morgan fingerprint density at radius 2 is 2.00 bits per heavy atom. The van der Waals surface area contributed by atoms with Crippen LogP contribution < -0.4 is 10.6 Å². The van der Waals surface area contributed by atoms with Crippen molar-refractivity contribution in [1.82, 2.24) is 25.4 Å². The maximum Gasteiger partial charge on any atom is 0.416 e. The molecule has 1 aromatic carbocycles. The van der Waals surface area contributed by atoms with E-state index in [0.29, 0.717) is 4.88 Å². The number of amides is 2. The minimum absolute atomic E-state index is 0.000458. The van der Waals surface area contributed by atoms with Crippen molar-refractivity contribution in [3.8, 4) is 28.7 Å². The highest BCUT2D eigenvalue weighted by Gasteiger charge is 2.31. The van der Waals surface area contributed by atoms with Crippen molar-refractivity contribution >= 4 is 23.2 Å². The van der Waals surface area contributed by atoms with Gasteiger partial charge in [-0.05, 0) is 29.6 Å². The lowest BCUT2D eigenvalue weighted by atomic mass is 10.2. The lowest BCUT2D eigenvalue weighted by molar-refractivity contribution is -0.137. The third-order valence-corrected chi connectivity index (χ3v) is 4.86. The lowest BCUT2D eigenvalue weighted by Gasteiger charge is -2.09. The smallest absolute Gasteiger partial charge is 0.349 e. The first kappa shape index (κ1) is 22.0. The van der Waals surface area contributed by atoms with E-state index in [9.17, 15) is 22.8 Å². The van der Waals surface area contributed by atoms with E-state index in [4.69, 9.17) is 6.42 Å². The highest BCUT2D eigenvalue weighted by Crippen LogP contribution is 2.31. The fourth-order valence-electron chi connectivity index (χ4n) is 2.57. The molecule has 7 nitrogen and oxygen atoms in total. The van der Waals surface area contributed by atoms with Gasteiger partial charge in [0.25, 0.3) is 5.91 Å². The second kappa shape index (κ2) is 9.44. The third kappa shape index (κ3) is 5.49. The average molecular weight is 447 g/mol. The predicted octanol–water partition coefficient (Wildman–Crippen LogP) is 2.88. The van der Waals surface area contributed by atoms with Crippen LogP contribution in [0, 0.1) is 12.3 Å². The summed E-state index contributed by atoms with van der Waals surface area (Å²) in [4.78, 5) is 28.8. The van der Waals surface area contributed by atoms with Crippen LogP contribution in [0.2, 0.25) is 0 Å². The molecule has 2 N–H and O–H groups in total. The maximum atomic E-state index is 13.1. The molecule has 11 heteroatoms. The number of benzene rings is 1. The number of terminal acetylenes is 1. The largest absolute Gasteiger partial charge is 0.416 e. The van der Waals surface area contributed by atoms with E-state index in [0.717, 1.165) is 12.1 Å². The molecule has 0 saturated heterocycles. The van der Waals surface area contributed by atoms with Gasteiger partial charge in [0.1, 0.15) is 0 Å². The van der Waals surface area contributed by atoms with Crippen molar-refractivity contribution in [1.29, 1.82) is 0 Å². The summed E-state index contributed by atoms with van der Waals surface area (Å²) < 4.78 is 40.6. The van der Waals surface area contributed by atoms with Gasteiger partial charge >= 0.3 is 6.18 Å². The monoisotopic (exact) mass is 447 g/mol. The van der Waals surface area contributed by atoms with Gasteiger partial charge in [-0.3, -0.25) is 9.59 Å². The van der Waals surface area contributed by atoms with Crippen LogP contribution in [0.3, 0.4) is 0 Å². The molecule has 160 valence electrons. The highest BCUT2D eigenvalue weighted by atomic mass is 32.1. The summed E-state index contributed by atoms with van der Waals surface area (Å²) in [5.74, 6) is 1.27. The number of aromatic nitrogens is 3. The number of halogens is 3. The van der Waals surface area contributed by atoms with Crippen molar-refractivity contribution in [2.45, 2.75) is 12.6 Å². The molecule has 0 spiro atoms. The van der Waals surface area contributed by atoms with Gasteiger partial charge < -0.3 is 10.6 Å². The molecule has 2 heterocycles. The minimum atomic E-state index is -4.53. The summed E-state index contributed by atoms with van der Waals surface area (Å²) in [6.07, 6.45) is 0.524. The van der Waals surface area contributed by atoms with E-state index in [1.807, 2.05) is 0 Å². The molecular weight excluding hydrogens is 431 g/mol. The van der Waals surface area contributed by atoms with Crippen molar-refractivity contribution in [3.63, 3.8) is 0 Å². The van der Waals surface area contributed by atoms with Gasteiger partial charge in [-0.15, -0.1) is 22.9 Å². The van der Waals surface area contributed by atoms with Crippen LogP contribution in [0.25, 0.3) is 16.4 Å². The zero-order valence-corrected chi connectivity index (χ0v) is 16.8. The number of hydrogen-bond donors (Lipinski definition) is 2. The zero-order valence-electron chi connectivity index (χ0n) is 15.9. The fourth-order valence-corrected chi connectivity index (χ4v) is 3.27. The van der Waals surface area contributed by atoms with E-state index < -0.39 is 17.6 Å². The number of thiophene rings is 1. The van der Waals surface area contributed by atoms with E-state index in [2.05, 4.69) is 26.6 Å². The van der Waals surface area contributed by atoms with E-state index in [1.54, 1.807) is 17.5 Å². The quantitative estimate of drug-likeness (QED) is 0.545. The van der Waals surface area contributed by atoms with Crippen molar-refractivity contribution in [2.75, 3.05) is 13.1 Å². The van der Waals surface area contributed by atoms with E-state index in [-0.39, 0.29) is 42.8 Å². The Balaban J connectivity index is 1.85. The molecule has 0 bridgehead atoms. The topological polar surface area (TPSA) is 88.9 Å². The average Bonchev–Trinajstić information content (AvgIpc) is 3.41. The lowest BCUT2D eigenvalue weighted by Crippen LogP contribution is -2.31. The molecule has 3 aromatic rings. The van der Waals surface area contributed by atoms with Crippen LogP contribution in [-0.2, 0) is 11.0 Å². The molecule has 0 aliphatic carbocycles. The molecule has 2 aromatic heterocycles. The van der Waals surface area contributed by atoms with Crippen LogP contribution in [0.15, 0.2) is 41.8 Å². The first-order valence-corrected chi connectivity index (χ1v) is 9.84. The minimum Gasteiger partial charge on any atom is -0.349 e. The van der Waals surface area contributed by atoms with Crippen molar-refractivity contribution < 1.29 is 22.8 Å². The Morgan fingerprint density at radius 3 is 2.68 bits per heavy atom. The van der Waals surface area contributed by atoms with Gasteiger partial charge in [0.15, 0.2) is 5.82 Å². The van der Waals surface area contributed by atoms with Crippen LogP contribution >= 0.6 is 11.3 Å². The van der Waals surface area contributed by atoms with Gasteiger partial charge in [-0.2, -0.15) is 13.2 Å². The first-order valence-electron chi connectivity index (χ1n) is 8.96. The van der Waals surface area contributed by atoms with Gasteiger partial charge in [0, 0.05) is 13.0 Å². The second-order valence-corrected chi connectivity index (χ2v) is 7.13. The molecule has 0 saturated carbocycles. The van der Waals surface area contributed by atoms with Crippen LogP contribution in [0.4, 0.5) is 13.2 Å². The number of nitrogens with one attached hydrogen (secondary N) is 2. The summed E-state index contributed by atoms with van der Waals surface area (Å²) >= 11 is 1.30. The summed E-state index contributed by atoms with van der Waals surface area (Å²) in [5.41, 5.74) is -0.736. The maximum absolute atomic E-state index is 13.1. The Hall–Kier alpha value is -3.65. The van der Waals surface area contributed by atoms with Gasteiger partial charge in [0.2, 0.25) is 11.7 Å². The van der Waals surface area contributed by atoms with Gasteiger partial charge in [0.05, 0.1) is 22.7 Å². The molecule has 2 amide bonds. The molecule has 3 rings (SSSR count). The predicted molar refractivity (Wildman–Crippen MR) is 108 cm³/mol.